The maximum Gasteiger partial charge on any atom is 0.410 e. The van der Waals surface area contributed by atoms with Gasteiger partial charge in [-0.1, -0.05) is 30.3 Å². The van der Waals surface area contributed by atoms with Crippen LogP contribution in [0.5, 0.6) is 5.75 Å². The van der Waals surface area contributed by atoms with Crippen molar-refractivity contribution in [3.8, 4) is 5.75 Å². The zero-order valence-corrected chi connectivity index (χ0v) is 19.0. The number of carboxylic acid groups (broad SMARTS) is 1. The van der Waals surface area contributed by atoms with Crippen molar-refractivity contribution in [1.82, 2.24) is 14.5 Å². The summed E-state index contributed by atoms with van der Waals surface area (Å²) in [5, 5.41) is 28.7. The molecule has 2 heterocycles. The third kappa shape index (κ3) is 5.37. The topological polar surface area (TPSA) is 151 Å². The number of rotatable bonds is 9. The Balaban J connectivity index is 1.85. The van der Waals surface area contributed by atoms with Crippen molar-refractivity contribution in [3.05, 3.63) is 57.8 Å². The van der Waals surface area contributed by atoms with Gasteiger partial charge in [0, 0.05) is 39.1 Å². The van der Waals surface area contributed by atoms with E-state index in [0.29, 0.717) is 6.42 Å². The highest BCUT2D eigenvalue weighted by atomic mass is 16.6. The molecule has 0 atom stereocenters. The summed E-state index contributed by atoms with van der Waals surface area (Å²) in [4.78, 5) is 42.5. The molecule has 1 aromatic heterocycles. The first kappa shape index (κ1) is 25.2. The van der Waals surface area contributed by atoms with E-state index in [9.17, 15) is 29.7 Å². The van der Waals surface area contributed by atoms with Crippen molar-refractivity contribution < 1.29 is 34.4 Å². The molecular formula is C23H29N3O8. The highest BCUT2D eigenvalue weighted by molar-refractivity contribution is 5.88. The molecule has 1 aliphatic rings. The first-order valence-corrected chi connectivity index (χ1v) is 11.1. The zero-order valence-electron chi connectivity index (χ0n) is 19.0. The maximum absolute atomic E-state index is 12.7. The van der Waals surface area contributed by atoms with Gasteiger partial charge in [-0.25, -0.2) is 14.6 Å². The van der Waals surface area contributed by atoms with E-state index in [4.69, 9.17) is 9.47 Å². The summed E-state index contributed by atoms with van der Waals surface area (Å²) >= 11 is 0. The number of carbonyl (C=O) groups excluding carboxylic acids is 1. The third-order valence-electron chi connectivity index (χ3n) is 5.79. The number of carbonyl (C=O) groups is 2. The van der Waals surface area contributed by atoms with Gasteiger partial charge in [-0.15, -0.1) is 0 Å². The van der Waals surface area contributed by atoms with Gasteiger partial charge >= 0.3 is 12.1 Å². The van der Waals surface area contributed by atoms with Crippen LogP contribution >= 0.6 is 0 Å². The number of hydrogen-bond acceptors (Lipinski definition) is 8. The predicted molar refractivity (Wildman–Crippen MR) is 120 cm³/mol. The fraction of sp³-hybridized carbons (Fsp3) is 0.478. The van der Waals surface area contributed by atoms with Gasteiger partial charge in [-0.3, -0.25) is 9.36 Å². The number of aromatic nitrogens is 2. The number of amides is 1. The second-order valence-electron chi connectivity index (χ2n) is 7.93. The number of ether oxygens (including phenoxy) is 2. The molecule has 11 heteroatoms. The lowest BCUT2D eigenvalue weighted by Gasteiger charge is -2.41. The van der Waals surface area contributed by atoms with Crippen LogP contribution in [0, 0.1) is 0 Å². The standard InChI is InChI=1S/C23H29N3O8/c1-2-26-19(29)18(28)17(20(30)31)24-21(26)23(34-14-6-13-27)9-11-25(12-10-23)22(32)33-15-16-7-4-3-5-8-16/h3-5,7-8,27-28H,2,6,9-15H2,1H3,(H,30,31). The Labute approximate surface area is 196 Å². The van der Waals surface area contributed by atoms with Crippen molar-refractivity contribution in [2.45, 2.75) is 44.9 Å². The average molecular weight is 475 g/mol. The van der Waals surface area contributed by atoms with Crippen LogP contribution in [0.3, 0.4) is 0 Å². The lowest BCUT2D eigenvalue weighted by atomic mass is 9.89. The lowest BCUT2D eigenvalue weighted by Crippen LogP contribution is -2.49. The van der Waals surface area contributed by atoms with Gasteiger partial charge in [0.25, 0.3) is 5.56 Å². The van der Waals surface area contributed by atoms with Gasteiger partial charge in [0.1, 0.15) is 18.0 Å². The Morgan fingerprint density at radius 1 is 1.18 bits per heavy atom. The van der Waals surface area contributed by atoms with E-state index in [1.54, 1.807) is 6.92 Å². The fourth-order valence-electron chi connectivity index (χ4n) is 3.96. The van der Waals surface area contributed by atoms with Crippen LogP contribution < -0.4 is 5.56 Å². The molecule has 34 heavy (non-hydrogen) atoms. The summed E-state index contributed by atoms with van der Waals surface area (Å²) in [7, 11) is 0. The second-order valence-corrected chi connectivity index (χ2v) is 7.93. The molecule has 1 amide bonds. The van der Waals surface area contributed by atoms with Gasteiger partial charge in [0.2, 0.25) is 5.75 Å². The molecule has 0 saturated carbocycles. The smallest absolute Gasteiger partial charge is 0.410 e. The van der Waals surface area contributed by atoms with Crippen molar-refractivity contribution in [1.29, 1.82) is 0 Å². The molecule has 0 bridgehead atoms. The first-order chi connectivity index (χ1) is 16.3. The number of likely N-dealkylation sites (tertiary alicyclic amines) is 1. The van der Waals surface area contributed by atoms with Crippen molar-refractivity contribution in [2.75, 3.05) is 26.3 Å². The summed E-state index contributed by atoms with van der Waals surface area (Å²) < 4.78 is 12.7. The first-order valence-electron chi connectivity index (χ1n) is 11.1. The number of aliphatic hydroxyl groups is 1. The Bertz CT molecular complexity index is 1060. The minimum Gasteiger partial charge on any atom is -0.501 e. The Kier molecular flexibility index (Phi) is 8.24. The predicted octanol–water partition coefficient (Wildman–Crippen LogP) is 1.69. The van der Waals surface area contributed by atoms with Gasteiger partial charge in [0.15, 0.2) is 5.69 Å². The van der Waals surface area contributed by atoms with Crippen LogP contribution in [0.25, 0.3) is 0 Å². The molecule has 3 rings (SSSR count). The molecule has 3 N–H and O–H groups in total. The zero-order chi connectivity index (χ0) is 24.7. The van der Waals surface area contributed by atoms with Crippen molar-refractivity contribution in [2.24, 2.45) is 0 Å². The summed E-state index contributed by atoms with van der Waals surface area (Å²) in [5.74, 6) is -2.40. The molecule has 0 unspecified atom stereocenters. The normalized spacial score (nSPS) is 15.2. The van der Waals surface area contributed by atoms with Crippen molar-refractivity contribution >= 4 is 12.1 Å². The second kappa shape index (κ2) is 11.1. The molecule has 2 aromatic rings. The Morgan fingerprint density at radius 3 is 2.44 bits per heavy atom. The van der Waals surface area contributed by atoms with Crippen LogP contribution in [0.2, 0.25) is 0 Å². The molecule has 1 aromatic carbocycles. The highest BCUT2D eigenvalue weighted by Gasteiger charge is 2.43. The SMILES string of the molecule is CCn1c(C2(OCCCO)CCN(C(=O)OCc3ccccc3)CC2)nc(C(=O)O)c(O)c1=O. The molecule has 184 valence electrons. The summed E-state index contributed by atoms with van der Waals surface area (Å²) in [6.45, 7) is 2.39. The number of aliphatic hydroxyl groups excluding tert-OH is 1. The molecular weight excluding hydrogens is 446 g/mol. The van der Waals surface area contributed by atoms with Gasteiger partial charge in [-0.05, 0) is 18.9 Å². The van der Waals surface area contributed by atoms with E-state index in [1.807, 2.05) is 30.3 Å². The summed E-state index contributed by atoms with van der Waals surface area (Å²) in [6.07, 6.45) is 0.264. The van der Waals surface area contributed by atoms with Crippen LogP contribution in [-0.4, -0.2) is 68.1 Å². The number of benzene rings is 1. The molecule has 1 saturated heterocycles. The van der Waals surface area contributed by atoms with E-state index in [2.05, 4.69) is 4.98 Å². The van der Waals surface area contributed by atoms with E-state index in [-0.39, 0.29) is 58.1 Å². The molecule has 0 radical (unpaired) electrons. The average Bonchev–Trinajstić information content (AvgIpc) is 2.85. The summed E-state index contributed by atoms with van der Waals surface area (Å²) in [5.41, 5.74) is -1.95. The molecule has 0 aliphatic carbocycles. The maximum atomic E-state index is 12.7. The number of carboxylic acids is 1. The van der Waals surface area contributed by atoms with Crippen molar-refractivity contribution in [3.63, 3.8) is 0 Å². The highest BCUT2D eigenvalue weighted by Crippen LogP contribution is 2.36. The third-order valence-corrected chi connectivity index (χ3v) is 5.79. The van der Waals surface area contributed by atoms with E-state index in [0.717, 1.165) is 5.56 Å². The molecule has 11 nitrogen and oxygen atoms in total. The van der Waals surface area contributed by atoms with Gasteiger partial charge in [0.05, 0.1) is 6.61 Å². The van der Waals surface area contributed by atoms with Gasteiger partial charge in [-0.2, -0.15) is 0 Å². The number of aromatic hydroxyl groups is 1. The van der Waals surface area contributed by atoms with E-state index >= 15 is 0 Å². The number of piperidine rings is 1. The van der Waals surface area contributed by atoms with Gasteiger partial charge < -0.3 is 29.7 Å². The number of hydrogen-bond donors (Lipinski definition) is 3. The number of nitrogens with zero attached hydrogens (tertiary/aromatic N) is 3. The largest absolute Gasteiger partial charge is 0.501 e. The molecule has 1 aliphatic heterocycles. The number of aromatic carboxylic acids is 1. The van der Waals surface area contributed by atoms with Crippen LogP contribution in [-0.2, 0) is 28.2 Å². The van der Waals surface area contributed by atoms with E-state index < -0.39 is 34.7 Å². The fourth-order valence-corrected chi connectivity index (χ4v) is 3.96. The molecule has 0 spiro atoms. The van der Waals surface area contributed by atoms with Crippen LogP contribution in [0.1, 0.15) is 48.1 Å². The minimum atomic E-state index is -1.54. The van der Waals surface area contributed by atoms with Crippen LogP contribution in [0.15, 0.2) is 35.1 Å². The lowest BCUT2D eigenvalue weighted by molar-refractivity contribution is -0.0987. The van der Waals surface area contributed by atoms with E-state index in [1.165, 1.54) is 9.47 Å². The van der Waals surface area contributed by atoms with Crippen LogP contribution in [0.4, 0.5) is 4.79 Å². The summed E-state index contributed by atoms with van der Waals surface area (Å²) in [6, 6.07) is 9.28. The quantitative estimate of drug-likeness (QED) is 0.460. The Hall–Kier alpha value is -3.44. The molecule has 1 fully saturated rings. The minimum absolute atomic E-state index is 0.0745. The monoisotopic (exact) mass is 475 g/mol. The Morgan fingerprint density at radius 2 is 1.85 bits per heavy atom.